The molecule has 0 saturated carbocycles. The van der Waals surface area contributed by atoms with Crippen LogP contribution in [0, 0.1) is 11.8 Å². The normalized spacial score (nSPS) is 16.0. The van der Waals surface area contributed by atoms with Gasteiger partial charge in [-0.05, 0) is 29.4 Å². The van der Waals surface area contributed by atoms with Crippen molar-refractivity contribution in [1.29, 1.82) is 0 Å². The van der Waals surface area contributed by atoms with E-state index in [1.165, 1.54) is 5.19 Å². The Morgan fingerprint density at radius 2 is 1.32 bits per heavy atom. The molecule has 0 radical (unpaired) electrons. The van der Waals surface area contributed by atoms with E-state index in [-0.39, 0.29) is 5.92 Å². The third-order valence-electron chi connectivity index (χ3n) is 6.01. The maximum Gasteiger partial charge on any atom is 0.0919 e. The fraction of sp³-hybridized carbons (Fsp3) is 0.478. The highest BCUT2D eigenvalue weighted by atomic mass is 28.3. The lowest BCUT2D eigenvalue weighted by Gasteiger charge is -2.43. The van der Waals surface area contributed by atoms with Crippen molar-refractivity contribution >= 4 is 13.3 Å². The molecule has 136 valence electrons. The molecular weight excluding hydrogens is 320 g/mol. The summed E-state index contributed by atoms with van der Waals surface area (Å²) in [4.78, 5) is 0. The van der Waals surface area contributed by atoms with Crippen LogP contribution >= 0.6 is 0 Å². The van der Waals surface area contributed by atoms with Gasteiger partial charge in [-0.15, -0.1) is 0 Å². The van der Waals surface area contributed by atoms with Crippen molar-refractivity contribution in [3.63, 3.8) is 0 Å². The molecule has 0 heterocycles. The van der Waals surface area contributed by atoms with Gasteiger partial charge in [-0.2, -0.15) is 0 Å². The van der Waals surface area contributed by atoms with Gasteiger partial charge in [0.2, 0.25) is 0 Å². The fourth-order valence-corrected chi connectivity index (χ4v) is 8.12. The first kappa shape index (κ1) is 19.9. The zero-order valence-electron chi connectivity index (χ0n) is 16.7. The number of hydrogen-bond donors (Lipinski definition) is 1. The van der Waals surface area contributed by atoms with Gasteiger partial charge in [0, 0.05) is 0 Å². The summed E-state index contributed by atoms with van der Waals surface area (Å²) in [5.74, 6) is 0.715. The maximum atomic E-state index is 11.7. The van der Waals surface area contributed by atoms with Crippen molar-refractivity contribution in [2.24, 2.45) is 11.8 Å². The van der Waals surface area contributed by atoms with Gasteiger partial charge in [-0.25, -0.2) is 0 Å². The highest BCUT2D eigenvalue weighted by molar-refractivity contribution is 6.91. The molecule has 2 aromatic rings. The van der Waals surface area contributed by atoms with E-state index in [4.69, 9.17) is 0 Å². The van der Waals surface area contributed by atoms with Gasteiger partial charge in [0.1, 0.15) is 0 Å². The topological polar surface area (TPSA) is 20.2 Å². The first-order valence-electron chi connectivity index (χ1n) is 9.53. The molecule has 25 heavy (non-hydrogen) atoms. The molecule has 0 unspecified atom stereocenters. The van der Waals surface area contributed by atoms with Crippen LogP contribution in [0.25, 0.3) is 0 Å². The average molecular weight is 355 g/mol. The van der Waals surface area contributed by atoms with E-state index in [0.29, 0.717) is 11.5 Å². The predicted octanol–water partition coefficient (Wildman–Crippen LogP) is 5.56. The quantitative estimate of drug-likeness (QED) is 0.645. The minimum atomic E-state index is -1.72. The Morgan fingerprint density at radius 1 is 0.840 bits per heavy atom. The van der Waals surface area contributed by atoms with Crippen molar-refractivity contribution in [3.05, 3.63) is 66.2 Å². The lowest BCUT2D eigenvalue weighted by molar-refractivity contribution is -0.0232. The molecule has 0 amide bonds. The highest BCUT2D eigenvalue weighted by Gasteiger charge is 2.43. The van der Waals surface area contributed by atoms with Crippen LogP contribution in [-0.4, -0.2) is 13.2 Å². The Labute approximate surface area is 155 Å². The van der Waals surface area contributed by atoms with E-state index in [9.17, 15) is 5.11 Å². The van der Waals surface area contributed by atoms with Gasteiger partial charge >= 0.3 is 0 Å². The van der Waals surface area contributed by atoms with E-state index in [2.05, 4.69) is 83.3 Å². The van der Waals surface area contributed by atoms with Crippen LogP contribution in [-0.2, 0) is 5.60 Å². The van der Waals surface area contributed by atoms with Crippen LogP contribution in [0.1, 0.15) is 39.7 Å². The van der Waals surface area contributed by atoms with Crippen LogP contribution in [0.2, 0.25) is 18.6 Å². The van der Waals surface area contributed by atoms with Gasteiger partial charge < -0.3 is 5.11 Å². The second-order valence-corrected chi connectivity index (χ2v) is 13.3. The number of hydrogen-bond acceptors (Lipinski definition) is 1. The molecule has 0 aromatic heterocycles. The SMILES string of the molecule is CC(C)[C@@H](C[C@@](O)(c1ccccc1)C(C)C)[Si](C)(C)c1ccccc1. The summed E-state index contributed by atoms with van der Waals surface area (Å²) in [7, 11) is -1.72. The first-order valence-corrected chi connectivity index (χ1v) is 12.6. The molecule has 2 aromatic carbocycles. The molecule has 0 saturated heterocycles. The van der Waals surface area contributed by atoms with E-state index in [1.54, 1.807) is 0 Å². The standard InChI is InChI=1S/C23H34OSi/c1-18(2)22(25(5,6)21-15-11-8-12-16-21)17-23(24,19(3)4)20-13-9-7-10-14-20/h7-16,18-19,22,24H,17H2,1-6H3/t22-,23+/m1/s1. The monoisotopic (exact) mass is 354 g/mol. The Morgan fingerprint density at radius 3 is 1.76 bits per heavy atom. The minimum absolute atomic E-state index is 0.178. The van der Waals surface area contributed by atoms with Crippen molar-refractivity contribution in [3.8, 4) is 0 Å². The van der Waals surface area contributed by atoms with Gasteiger partial charge in [0.15, 0.2) is 0 Å². The summed E-state index contributed by atoms with van der Waals surface area (Å²) < 4.78 is 0. The van der Waals surface area contributed by atoms with Gasteiger partial charge in [0.05, 0.1) is 13.7 Å². The van der Waals surface area contributed by atoms with Gasteiger partial charge in [-0.3, -0.25) is 0 Å². The molecule has 1 N–H and O–H groups in total. The van der Waals surface area contributed by atoms with Gasteiger partial charge in [0.25, 0.3) is 0 Å². The van der Waals surface area contributed by atoms with E-state index in [1.807, 2.05) is 18.2 Å². The molecule has 0 aliphatic rings. The predicted molar refractivity (Wildman–Crippen MR) is 112 cm³/mol. The fourth-order valence-electron chi connectivity index (χ4n) is 4.15. The van der Waals surface area contributed by atoms with Crippen LogP contribution in [0.15, 0.2) is 60.7 Å². The lowest BCUT2D eigenvalue weighted by Crippen LogP contribution is -2.50. The Hall–Kier alpha value is -1.38. The van der Waals surface area contributed by atoms with Crippen LogP contribution in [0.3, 0.4) is 0 Å². The molecule has 2 atom stereocenters. The van der Waals surface area contributed by atoms with Crippen LogP contribution in [0.5, 0.6) is 0 Å². The molecule has 0 fully saturated rings. The Bertz CT molecular complexity index is 648. The highest BCUT2D eigenvalue weighted by Crippen LogP contribution is 2.44. The van der Waals surface area contributed by atoms with E-state index in [0.717, 1.165) is 12.0 Å². The first-order chi connectivity index (χ1) is 11.7. The summed E-state index contributed by atoms with van der Waals surface area (Å²) in [5.41, 5.74) is 0.769. The molecule has 0 bridgehead atoms. The zero-order valence-corrected chi connectivity index (χ0v) is 17.7. The maximum absolute atomic E-state index is 11.7. The summed E-state index contributed by atoms with van der Waals surface area (Å²) in [6.45, 7) is 13.8. The Balaban J connectivity index is 2.43. The second-order valence-electron chi connectivity index (χ2n) is 8.59. The van der Waals surface area contributed by atoms with E-state index >= 15 is 0 Å². The van der Waals surface area contributed by atoms with Crippen molar-refractivity contribution < 1.29 is 5.11 Å². The van der Waals surface area contributed by atoms with Crippen molar-refractivity contribution in [2.45, 2.75) is 58.4 Å². The summed E-state index contributed by atoms with van der Waals surface area (Å²) in [5, 5.41) is 13.2. The number of rotatable bonds is 7. The minimum Gasteiger partial charge on any atom is -0.385 e. The summed E-state index contributed by atoms with van der Waals surface area (Å²) >= 11 is 0. The molecule has 0 spiro atoms. The van der Waals surface area contributed by atoms with Crippen molar-refractivity contribution in [2.75, 3.05) is 0 Å². The third-order valence-corrected chi connectivity index (χ3v) is 10.6. The number of benzene rings is 2. The summed E-state index contributed by atoms with van der Waals surface area (Å²) in [6, 6.07) is 21.2. The zero-order chi connectivity index (χ0) is 18.7. The smallest absolute Gasteiger partial charge is 0.0919 e. The molecule has 2 heteroatoms. The number of aliphatic hydroxyl groups is 1. The average Bonchev–Trinajstić information content (AvgIpc) is 2.60. The van der Waals surface area contributed by atoms with Gasteiger partial charge in [-0.1, -0.05) is 107 Å². The molecule has 2 rings (SSSR count). The van der Waals surface area contributed by atoms with Crippen LogP contribution < -0.4 is 5.19 Å². The largest absolute Gasteiger partial charge is 0.385 e. The second kappa shape index (κ2) is 7.88. The molecular formula is C23H34OSi. The lowest BCUT2D eigenvalue weighted by atomic mass is 9.78. The molecule has 0 aliphatic heterocycles. The summed E-state index contributed by atoms with van der Waals surface area (Å²) in [6.07, 6.45) is 0.820. The van der Waals surface area contributed by atoms with E-state index < -0.39 is 13.7 Å². The van der Waals surface area contributed by atoms with Crippen LogP contribution in [0.4, 0.5) is 0 Å². The molecule has 1 nitrogen and oxygen atoms in total. The molecule has 0 aliphatic carbocycles. The van der Waals surface area contributed by atoms with Crippen molar-refractivity contribution in [1.82, 2.24) is 0 Å². The third kappa shape index (κ3) is 4.24. The Kier molecular flexibility index (Phi) is 6.29.